The summed E-state index contributed by atoms with van der Waals surface area (Å²) in [5.74, 6) is 1.04. The zero-order valence-electron chi connectivity index (χ0n) is 10.2. The summed E-state index contributed by atoms with van der Waals surface area (Å²) in [5.41, 5.74) is 0. The molecule has 0 saturated carbocycles. The van der Waals surface area contributed by atoms with Crippen LogP contribution in [0, 0.1) is 5.92 Å². The molecule has 2 aliphatic rings. The molecular weight excluding hydrogens is 184 g/mol. The second kappa shape index (κ2) is 5.86. The minimum absolute atomic E-state index is 0.897. The molecule has 0 aliphatic carbocycles. The van der Waals surface area contributed by atoms with E-state index in [0.29, 0.717) is 0 Å². The molecule has 0 bridgehead atoms. The molecule has 2 aliphatic heterocycles. The van der Waals surface area contributed by atoms with Gasteiger partial charge in [0, 0.05) is 6.04 Å². The molecule has 2 fully saturated rings. The first-order chi connectivity index (χ1) is 7.40. The monoisotopic (exact) mass is 210 g/mol. The maximum absolute atomic E-state index is 3.46. The van der Waals surface area contributed by atoms with E-state index in [1.165, 1.54) is 64.7 Å². The van der Waals surface area contributed by atoms with Crippen LogP contribution >= 0.6 is 0 Å². The molecule has 2 rings (SSSR count). The molecule has 88 valence electrons. The summed E-state index contributed by atoms with van der Waals surface area (Å²) >= 11 is 0. The van der Waals surface area contributed by atoms with E-state index in [0.717, 1.165) is 12.0 Å². The van der Waals surface area contributed by atoms with E-state index in [4.69, 9.17) is 0 Å². The van der Waals surface area contributed by atoms with E-state index in [9.17, 15) is 0 Å². The van der Waals surface area contributed by atoms with Gasteiger partial charge in [0.1, 0.15) is 0 Å². The van der Waals surface area contributed by atoms with Gasteiger partial charge in [-0.1, -0.05) is 19.8 Å². The highest BCUT2D eigenvalue weighted by Crippen LogP contribution is 2.24. The summed E-state index contributed by atoms with van der Waals surface area (Å²) in [5, 5.41) is 3.46. The van der Waals surface area contributed by atoms with Crippen molar-refractivity contribution in [3.8, 4) is 0 Å². The molecule has 15 heavy (non-hydrogen) atoms. The van der Waals surface area contributed by atoms with Gasteiger partial charge >= 0.3 is 0 Å². The van der Waals surface area contributed by atoms with Gasteiger partial charge in [-0.05, 0) is 57.8 Å². The van der Waals surface area contributed by atoms with Crippen LogP contribution in [0.1, 0.15) is 45.4 Å². The van der Waals surface area contributed by atoms with E-state index >= 15 is 0 Å². The van der Waals surface area contributed by atoms with Crippen molar-refractivity contribution in [2.75, 3.05) is 26.2 Å². The highest BCUT2D eigenvalue weighted by Gasteiger charge is 2.25. The molecule has 2 heteroatoms. The quantitative estimate of drug-likeness (QED) is 0.768. The zero-order chi connectivity index (χ0) is 10.5. The predicted molar refractivity (Wildman–Crippen MR) is 65.1 cm³/mol. The maximum Gasteiger partial charge on any atom is 0.0119 e. The average molecular weight is 210 g/mol. The first-order valence-electron chi connectivity index (χ1n) is 6.85. The average Bonchev–Trinajstić information content (AvgIpc) is 2.32. The lowest BCUT2D eigenvalue weighted by Crippen LogP contribution is -2.46. The van der Waals surface area contributed by atoms with Crippen LogP contribution in [0.4, 0.5) is 0 Å². The van der Waals surface area contributed by atoms with Gasteiger partial charge in [-0.2, -0.15) is 0 Å². The summed E-state index contributed by atoms with van der Waals surface area (Å²) in [6.07, 6.45) is 8.49. The van der Waals surface area contributed by atoms with Crippen LogP contribution in [-0.2, 0) is 0 Å². The Hall–Kier alpha value is -0.0800. The van der Waals surface area contributed by atoms with Crippen molar-refractivity contribution < 1.29 is 0 Å². The van der Waals surface area contributed by atoms with Gasteiger partial charge in [-0.25, -0.2) is 0 Å². The number of hydrogen-bond donors (Lipinski definition) is 1. The van der Waals surface area contributed by atoms with Gasteiger partial charge < -0.3 is 10.2 Å². The van der Waals surface area contributed by atoms with Crippen LogP contribution in [-0.4, -0.2) is 37.1 Å². The molecule has 0 aromatic carbocycles. The molecule has 0 radical (unpaired) electrons. The van der Waals surface area contributed by atoms with Crippen molar-refractivity contribution in [2.45, 2.75) is 51.5 Å². The molecule has 1 N–H and O–H groups in total. The Balaban J connectivity index is 1.72. The van der Waals surface area contributed by atoms with Crippen molar-refractivity contribution in [3.05, 3.63) is 0 Å². The number of nitrogens with zero attached hydrogens (tertiary/aromatic N) is 1. The van der Waals surface area contributed by atoms with Crippen LogP contribution in [0.2, 0.25) is 0 Å². The SMILES string of the molecule is CCCC1CCN(C2CCNCC2)CC1. The van der Waals surface area contributed by atoms with Gasteiger partial charge in [0.2, 0.25) is 0 Å². The highest BCUT2D eigenvalue weighted by molar-refractivity contribution is 4.81. The Morgan fingerprint density at radius 1 is 1.07 bits per heavy atom. The van der Waals surface area contributed by atoms with Gasteiger partial charge in [0.25, 0.3) is 0 Å². The molecule has 0 aromatic rings. The normalized spacial score (nSPS) is 27.0. The van der Waals surface area contributed by atoms with Crippen molar-refractivity contribution in [3.63, 3.8) is 0 Å². The van der Waals surface area contributed by atoms with E-state index < -0.39 is 0 Å². The Morgan fingerprint density at radius 3 is 2.33 bits per heavy atom. The smallest absolute Gasteiger partial charge is 0.0119 e. The third kappa shape index (κ3) is 3.18. The fourth-order valence-electron chi connectivity index (χ4n) is 3.19. The van der Waals surface area contributed by atoms with E-state index in [2.05, 4.69) is 17.1 Å². The van der Waals surface area contributed by atoms with E-state index in [1.54, 1.807) is 0 Å². The maximum atomic E-state index is 3.46. The Kier molecular flexibility index (Phi) is 4.45. The van der Waals surface area contributed by atoms with Crippen molar-refractivity contribution in [1.82, 2.24) is 10.2 Å². The lowest BCUT2D eigenvalue weighted by atomic mass is 9.90. The summed E-state index contributed by atoms with van der Waals surface area (Å²) < 4.78 is 0. The zero-order valence-corrected chi connectivity index (χ0v) is 10.2. The van der Waals surface area contributed by atoms with Crippen LogP contribution in [0.25, 0.3) is 0 Å². The lowest BCUT2D eigenvalue weighted by Gasteiger charge is -2.39. The fraction of sp³-hybridized carbons (Fsp3) is 1.00. The standard InChI is InChI=1S/C13H26N2/c1-2-3-12-6-10-15(11-7-12)13-4-8-14-9-5-13/h12-14H,2-11H2,1H3. The third-order valence-electron chi connectivity index (χ3n) is 4.17. The number of rotatable bonds is 3. The largest absolute Gasteiger partial charge is 0.317 e. The van der Waals surface area contributed by atoms with Gasteiger partial charge in [0.15, 0.2) is 0 Å². The van der Waals surface area contributed by atoms with E-state index in [1.807, 2.05) is 0 Å². The molecule has 0 aromatic heterocycles. The van der Waals surface area contributed by atoms with Crippen molar-refractivity contribution in [2.24, 2.45) is 5.92 Å². The summed E-state index contributed by atoms with van der Waals surface area (Å²) in [7, 11) is 0. The Labute approximate surface area is 94.4 Å². The minimum Gasteiger partial charge on any atom is -0.317 e. The predicted octanol–water partition coefficient (Wildman–Crippen LogP) is 2.25. The number of likely N-dealkylation sites (tertiary alicyclic amines) is 1. The number of piperidine rings is 2. The van der Waals surface area contributed by atoms with Crippen LogP contribution in [0.3, 0.4) is 0 Å². The molecule has 2 saturated heterocycles. The molecule has 2 nitrogen and oxygen atoms in total. The molecule has 0 unspecified atom stereocenters. The first-order valence-corrected chi connectivity index (χ1v) is 6.85. The number of nitrogens with one attached hydrogen (secondary N) is 1. The van der Waals surface area contributed by atoms with Crippen LogP contribution in [0.15, 0.2) is 0 Å². The minimum atomic E-state index is 0.897. The second-order valence-corrected chi connectivity index (χ2v) is 5.25. The summed E-state index contributed by atoms with van der Waals surface area (Å²) in [4.78, 5) is 2.76. The van der Waals surface area contributed by atoms with Gasteiger partial charge in [-0.3, -0.25) is 0 Å². The molecule has 0 spiro atoms. The van der Waals surface area contributed by atoms with Gasteiger partial charge in [-0.15, -0.1) is 0 Å². The van der Waals surface area contributed by atoms with Crippen molar-refractivity contribution >= 4 is 0 Å². The highest BCUT2D eigenvalue weighted by atomic mass is 15.2. The fourth-order valence-corrected chi connectivity index (χ4v) is 3.19. The molecule has 2 heterocycles. The first kappa shape index (κ1) is 11.4. The second-order valence-electron chi connectivity index (χ2n) is 5.25. The summed E-state index contributed by atoms with van der Waals surface area (Å²) in [6.45, 7) is 7.53. The lowest BCUT2D eigenvalue weighted by molar-refractivity contribution is 0.108. The molecular formula is C13H26N2. The molecule has 0 atom stereocenters. The van der Waals surface area contributed by atoms with Crippen LogP contribution < -0.4 is 5.32 Å². The van der Waals surface area contributed by atoms with Crippen molar-refractivity contribution in [1.29, 1.82) is 0 Å². The summed E-state index contributed by atoms with van der Waals surface area (Å²) in [6, 6.07) is 0.897. The molecule has 0 amide bonds. The van der Waals surface area contributed by atoms with Gasteiger partial charge in [0.05, 0.1) is 0 Å². The third-order valence-corrected chi connectivity index (χ3v) is 4.17. The van der Waals surface area contributed by atoms with Crippen LogP contribution in [0.5, 0.6) is 0 Å². The number of hydrogen-bond acceptors (Lipinski definition) is 2. The Morgan fingerprint density at radius 2 is 1.73 bits per heavy atom. The Bertz CT molecular complexity index is 167. The topological polar surface area (TPSA) is 15.3 Å². The van der Waals surface area contributed by atoms with E-state index in [-0.39, 0.29) is 0 Å².